The van der Waals surface area contributed by atoms with Crippen molar-refractivity contribution in [1.29, 1.82) is 0 Å². The van der Waals surface area contributed by atoms with E-state index in [0.717, 1.165) is 25.2 Å². The fourth-order valence-corrected chi connectivity index (χ4v) is 0.963. The molecule has 0 radical (unpaired) electrons. The predicted octanol–water partition coefficient (Wildman–Crippen LogP) is -0.654. The number of hydrogen-bond donors (Lipinski definition) is 2. The summed E-state index contributed by atoms with van der Waals surface area (Å²) in [6.45, 7) is 2.32. The van der Waals surface area contributed by atoms with Gasteiger partial charge in [0.05, 0.1) is 5.69 Å². The van der Waals surface area contributed by atoms with Crippen LogP contribution in [0, 0.1) is 0 Å². The first-order chi connectivity index (χ1) is 5.86. The number of nitrogens with one attached hydrogen (secondary N) is 1. The molecule has 5 nitrogen and oxygen atoms in total. The summed E-state index contributed by atoms with van der Waals surface area (Å²) in [6.07, 6.45) is 2.88. The Kier molecular flexibility index (Phi) is 3.69. The maximum atomic E-state index is 5.37. The van der Waals surface area contributed by atoms with Crippen LogP contribution < -0.4 is 11.1 Å². The Hall–Kier alpha value is -0.940. The monoisotopic (exact) mass is 169 g/mol. The molecule has 5 heteroatoms. The third kappa shape index (κ3) is 2.60. The van der Waals surface area contributed by atoms with Crippen molar-refractivity contribution in [3.63, 3.8) is 0 Å². The van der Waals surface area contributed by atoms with E-state index in [-0.39, 0.29) is 0 Å². The molecule has 0 bridgehead atoms. The van der Waals surface area contributed by atoms with E-state index in [0.29, 0.717) is 6.54 Å². The zero-order valence-electron chi connectivity index (χ0n) is 7.32. The smallest absolute Gasteiger partial charge is 0.0964 e. The summed E-state index contributed by atoms with van der Waals surface area (Å²) >= 11 is 0. The lowest BCUT2D eigenvalue weighted by molar-refractivity contribution is 0.564. The minimum Gasteiger partial charge on any atom is -0.330 e. The van der Waals surface area contributed by atoms with Gasteiger partial charge in [-0.2, -0.15) is 0 Å². The van der Waals surface area contributed by atoms with Gasteiger partial charge in [-0.15, -0.1) is 5.10 Å². The maximum absolute atomic E-state index is 5.37. The van der Waals surface area contributed by atoms with Crippen LogP contribution in [-0.2, 0) is 13.1 Å². The van der Waals surface area contributed by atoms with Crippen molar-refractivity contribution in [3.8, 4) is 0 Å². The van der Waals surface area contributed by atoms with Crippen LogP contribution in [0.2, 0.25) is 0 Å². The molecular formula is C7H15N5. The highest BCUT2D eigenvalue weighted by atomic mass is 15.4. The third-order valence-electron chi connectivity index (χ3n) is 1.54. The summed E-state index contributed by atoms with van der Waals surface area (Å²) in [6, 6.07) is 0. The van der Waals surface area contributed by atoms with Crippen molar-refractivity contribution in [2.24, 2.45) is 5.73 Å². The average Bonchev–Trinajstić information content (AvgIpc) is 2.50. The second kappa shape index (κ2) is 4.84. The maximum Gasteiger partial charge on any atom is 0.0964 e. The van der Waals surface area contributed by atoms with E-state index < -0.39 is 0 Å². The lowest BCUT2D eigenvalue weighted by atomic mass is 10.4. The molecule has 0 saturated carbocycles. The fraction of sp³-hybridized carbons (Fsp3) is 0.714. The number of nitrogens with two attached hydrogens (primary N) is 1. The van der Waals surface area contributed by atoms with Crippen LogP contribution >= 0.6 is 0 Å². The SMILES string of the molecule is CNCc1cn(CCCN)nn1. The second-order valence-electron chi connectivity index (χ2n) is 2.65. The average molecular weight is 169 g/mol. The second-order valence-corrected chi connectivity index (χ2v) is 2.65. The van der Waals surface area contributed by atoms with Crippen LogP contribution in [0.25, 0.3) is 0 Å². The Morgan fingerprint density at radius 3 is 3.17 bits per heavy atom. The Morgan fingerprint density at radius 1 is 1.67 bits per heavy atom. The van der Waals surface area contributed by atoms with Crippen molar-refractivity contribution in [3.05, 3.63) is 11.9 Å². The third-order valence-corrected chi connectivity index (χ3v) is 1.54. The van der Waals surface area contributed by atoms with Gasteiger partial charge in [-0.1, -0.05) is 5.21 Å². The van der Waals surface area contributed by atoms with Gasteiger partial charge in [0.2, 0.25) is 0 Å². The van der Waals surface area contributed by atoms with Crippen LogP contribution in [0.5, 0.6) is 0 Å². The first-order valence-corrected chi connectivity index (χ1v) is 4.10. The Bertz CT molecular complexity index is 219. The van der Waals surface area contributed by atoms with Gasteiger partial charge in [-0.05, 0) is 20.0 Å². The van der Waals surface area contributed by atoms with E-state index in [4.69, 9.17) is 5.73 Å². The van der Waals surface area contributed by atoms with Crippen LogP contribution in [-0.4, -0.2) is 28.6 Å². The number of aryl methyl sites for hydroxylation is 1. The van der Waals surface area contributed by atoms with Gasteiger partial charge in [0.15, 0.2) is 0 Å². The van der Waals surface area contributed by atoms with Crippen molar-refractivity contribution >= 4 is 0 Å². The molecule has 0 aromatic carbocycles. The van der Waals surface area contributed by atoms with E-state index in [1.807, 2.05) is 17.9 Å². The minimum absolute atomic E-state index is 0.696. The van der Waals surface area contributed by atoms with Gasteiger partial charge >= 0.3 is 0 Å². The predicted molar refractivity (Wildman–Crippen MR) is 46.5 cm³/mol. The zero-order chi connectivity index (χ0) is 8.81. The molecular weight excluding hydrogens is 154 g/mol. The van der Waals surface area contributed by atoms with Gasteiger partial charge < -0.3 is 11.1 Å². The topological polar surface area (TPSA) is 68.8 Å². The van der Waals surface area contributed by atoms with Crippen molar-refractivity contribution in [1.82, 2.24) is 20.3 Å². The van der Waals surface area contributed by atoms with Gasteiger partial charge in [0.25, 0.3) is 0 Å². The minimum atomic E-state index is 0.696. The summed E-state index contributed by atoms with van der Waals surface area (Å²) < 4.78 is 1.82. The van der Waals surface area contributed by atoms with E-state index in [9.17, 15) is 0 Å². The van der Waals surface area contributed by atoms with Gasteiger partial charge in [0.1, 0.15) is 0 Å². The van der Waals surface area contributed by atoms with Crippen LogP contribution in [0.1, 0.15) is 12.1 Å². The highest BCUT2D eigenvalue weighted by molar-refractivity contribution is 4.90. The quantitative estimate of drug-likeness (QED) is 0.614. The number of rotatable bonds is 5. The fourth-order valence-electron chi connectivity index (χ4n) is 0.963. The highest BCUT2D eigenvalue weighted by Crippen LogP contribution is 1.92. The van der Waals surface area contributed by atoms with Gasteiger partial charge in [0, 0.05) is 19.3 Å². The summed E-state index contributed by atoms with van der Waals surface area (Å²) in [5.74, 6) is 0. The highest BCUT2D eigenvalue weighted by Gasteiger charge is 1.97. The summed E-state index contributed by atoms with van der Waals surface area (Å²) in [7, 11) is 1.89. The summed E-state index contributed by atoms with van der Waals surface area (Å²) in [5, 5.41) is 10.9. The Balaban J connectivity index is 2.41. The Labute approximate surface area is 71.9 Å². The molecule has 0 amide bonds. The van der Waals surface area contributed by atoms with Crippen molar-refractivity contribution in [2.45, 2.75) is 19.5 Å². The standard InChI is InChI=1S/C7H15N5/c1-9-5-7-6-12(11-10-7)4-2-3-8/h6,9H,2-5,8H2,1H3. The van der Waals surface area contributed by atoms with Gasteiger partial charge in [-0.25, -0.2) is 0 Å². The zero-order valence-corrected chi connectivity index (χ0v) is 7.32. The molecule has 0 spiro atoms. The molecule has 0 fully saturated rings. The summed E-state index contributed by atoms with van der Waals surface area (Å²) in [4.78, 5) is 0. The molecule has 1 rings (SSSR count). The molecule has 1 heterocycles. The molecule has 3 N–H and O–H groups in total. The first kappa shape index (κ1) is 9.15. The molecule has 0 aliphatic rings. The molecule has 68 valence electrons. The summed E-state index contributed by atoms with van der Waals surface area (Å²) in [5.41, 5.74) is 6.34. The largest absolute Gasteiger partial charge is 0.330 e. The molecule has 12 heavy (non-hydrogen) atoms. The number of aromatic nitrogens is 3. The van der Waals surface area contributed by atoms with Gasteiger partial charge in [-0.3, -0.25) is 4.68 Å². The van der Waals surface area contributed by atoms with Crippen LogP contribution in [0.3, 0.4) is 0 Å². The molecule has 0 unspecified atom stereocenters. The lowest BCUT2D eigenvalue weighted by Crippen LogP contribution is -2.06. The van der Waals surface area contributed by atoms with E-state index >= 15 is 0 Å². The molecule has 1 aromatic rings. The van der Waals surface area contributed by atoms with Crippen LogP contribution in [0.4, 0.5) is 0 Å². The lowest BCUT2D eigenvalue weighted by Gasteiger charge is -1.95. The molecule has 0 atom stereocenters. The van der Waals surface area contributed by atoms with E-state index in [1.165, 1.54) is 0 Å². The molecule has 1 aromatic heterocycles. The first-order valence-electron chi connectivity index (χ1n) is 4.10. The molecule has 0 saturated heterocycles. The number of nitrogens with zero attached hydrogens (tertiary/aromatic N) is 3. The van der Waals surface area contributed by atoms with E-state index in [1.54, 1.807) is 0 Å². The molecule has 0 aliphatic heterocycles. The van der Waals surface area contributed by atoms with E-state index in [2.05, 4.69) is 15.6 Å². The van der Waals surface area contributed by atoms with Crippen LogP contribution in [0.15, 0.2) is 6.20 Å². The number of hydrogen-bond acceptors (Lipinski definition) is 4. The Morgan fingerprint density at radius 2 is 2.50 bits per heavy atom. The molecule has 0 aliphatic carbocycles. The van der Waals surface area contributed by atoms with Crippen molar-refractivity contribution in [2.75, 3.05) is 13.6 Å². The van der Waals surface area contributed by atoms with Crippen molar-refractivity contribution < 1.29 is 0 Å². The normalized spacial score (nSPS) is 10.5.